The van der Waals surface area contributed by atoms with Crippen molar-refractivity contribution in [2.24, 2.45) is 11.7 Å². The van der Waals surface area contributed by atoms with Crippen LogP contribution in [0, 0.1) is 5.92 Å². The molecule has 1 fully saturated rings. The van der Waals surface area contributed by atoms with Gasteiger partial charge in [0.2, 0.25) is 5.91 Å². The molecule has 21 heavy (non-hydrogen) atoms. The molecule has 3 unspecified atom stereocenters. The Morgan fingerprint density at radius 1 is 1.38 bits per heavy atom. The van der Waals surface area contributed by atoms with Gasteiger partial charge in [0.05, 0.1) is 12.0 Å². The second-order valence-corrected chi connectivity index (χ2v) is 5.99. The first-order chi connectivity index (χ1) is 10.0. The maximum absolute atomic E-state index is 12.7. The van der Waals surface area contributed by atoms with Gasteiger partial charge in [0, 0.05) is 25.7 Å². The fraction of sp³-hybridized carbons (Fsp3) is 0.588. The van der Waals surface area contributed by atoms with Crippen molar-refractivity contribution in [2.45, 2.75) is 39.3 Å². The molecular formula is C17H27N3O. The highest BCUT2D eigenvalue weighted by molar-refractivity contribution is 5.79. The van der Waals surface area contributed by atoms with Gasteiger partial charge >= 0.3 is 0 Å². The van der Waals surface area contributed by atoms with Crippen LogP contribution < -0.4 is 11.1 Å². The minimum absolute atomic E-state index is 0.110. The second kappa shape index (κ2) is 7.05. The van der Waals surface area contributed by atoms with Gasteiger partial charge in [0.1, 0.15) is 0 Å². The van der Waals surface area contributed by atoms with Crippen LogP contribution in [0.3, 0.4) is 0 Å². The van der Waals surface area contributed by atoms with Gasteiger partial charge in [-0.15, -0.1) is 0 Å². The molecule has 0 aliphatic carbocycles. The quantitative estimate of drug-likeness (QED) is 0.887. The lowest BCUT2D eigenvalue weighted by Gasteiger charge is -2.38. The number of benzene rings is 1. The van der Waals surface area contributed by atoms with Gasteiger partial charge < -0.3 is 16.0 Å². The summed E-state index contributed by atoms with van der Waals surface area (Å²) >= 11 is 0. The molecule has 1 heterocycles. The number of nitrogens with one attached hydrogen (secondary N) is 1. The van der Waals surface area contributed by atoms with E-state index in [2.05, 4.69) is 36.5 Å². The van der Waals surface area contributed by atoms with Crippen molar-refractivity contribution in [1.29, 1.82) is 0 Å². The van der Waals surface area contributed by atoms with Gasteiger partial charge in [-0.2, -0.15) is 0 Å². The zero-order valence-electron chi connectivity index (χ0n) is 13.3. The molecule has 1 saturated heterocycles. The van der Waals surface area contributed by atoms with Crippen LogP contribution in [0.2, 0.25) is 0 Å². The van der Waals surface area contributed by atoms with Gasteiger partial charge in [0.15, 0.2) is 0 Å². The van der Waals surface area contributed by atoms with Crippen LogP contribution in [-0.2, 0) is 11.2 Å². The standard InChI is InChI=1S/C17H27N3O/c1-4-14-5-7-15(8-6-14)16-11-19-9-10-20(16)17(21)12(2)13(3)18/h5-8,12-13,16,19H,4,9-11,18H2,1-3H3. The monoisotopic (exact) mass is 289 g/mol. The van der Waals surface area contributed by atoms with Crippen LogP contribution in [0.5, 0.6) is 0 Å². The molecule has 1 aliphatic rings. The molecule has 1 aliphatic heterocycles. The van der Waals surface area contributed by atoms with E-state index in [9.17, 15) is 4.79 Å². The summed E-state index contributed by atoms with van der Waals surface area (Å²) < 4.78 is 0. The largest absolute Gasteiger partial charge is 0.333 e. The molecule has 1 aromatic carbocycles. The zero-order chi connectivity index (χ0) is 15.4. The topological polar surface area (TPSA) is 58.4 Å². The maximum Gasteiger partial charge on any atom is 0.227 e. The number of carbonyl (C=O) groups is 1. The van der Waals surface area contributed by atoms with Crippen molar-refractivity contribution in [2.75, 3.05) is 19.6 Å². The molecular weight excluding hydrogens is 262 g/mol. The number of aryl methyl sites for hydroxylation is 1. The predicted octanol–water partition coefficient (Wildman–Crippen LogP) is 1.71. The van der Waals surface area contributed by atoms with Gasteiger partial charge in [-0.25, -0.2) is 0 Å². The molecule has 2 rings (SSSR count). The smallest absolute Gasteiger partial charge is 0.227 e. The normalized spacial score (nSPS) is 21.9. The van der Waals surface area contributed by atoms with E-state index in [1.165, 1.54) is 11.1 Å². The third-order valence-electron chi connectivity index (χ3n) is 4.48. The average molecular weight is 289 g/mol. The summed E-state index contributed by atoms with van der Waals surface area (Å²) in [6, 6.07) is 8.60. The predicted molar refractivity (Wildman–Crippen MR) is 86.0 cm³/mol. The highest BCUT2D eigenvalue weighted by Gasteiger charge is 2.31. The van der Waals surface area contributed by atoms with E-state index < -0.39 is 0 Å². The number of nitrogens with two attached hydrogens (primary N) is 1. The summed E-state index contributed by atoms with van der Waals surface area (Å²) in [5.41, 5.74) is 8.42. The maximum atomic E-state index is 12.7. The fourth-order valence-corrected chi connectivity index (χ4v) is 2.73. The Balaban J connectivity index is 2.20. The van der Waals surface area contributed by atoms with Crippen molar-refractivity contribution in [3.63, 3.8) is 0 Å². The van der Waals surface area contributed by atoms with Crippen LogP contribution in [0.15, 0.2) is 24.3 Å². The molecule has 0 spiro atoms. The fourth-order valence-electron chi connectivity index (χ4n) is 2.73. The second-order valence-electron chi connectivity index (χ2n) is 5.99. The van der Waals surface area contributed by atoms with E-state index in [0.29, 0.717) is 0 Å². The Hall–Kier alpha value is -1.39. The molecule has 3 atom stereocenters. The van der Waals surface area contributed by atoms with Crippen molar-refractivity contribution < 1.29 is 4.79 Å². The van der Waals surface area contributed by atoms with Gasteiger partial charge in [-0.1, -0.05) is 38.1 Å². The van der Waals surface area contributed by atoms with E-state index in [-0.39, 0.29) is 23.9 Å². The highest BCUT2D eigenvalue weighted by atomic mass is 16.2. The summed E-state index contributed by atoms with van der Waals surface area (Å²) in [7, 11) is 0. The van der Waals surface area contributed by atoms with E-state index in [4.69, 9.17) is 5.73 Å². The molecule has 1 aromatic rings. The van der Waals surface area contributed by atoms with Crippen LogP contribution >= 0.6 is 0 Å². The van der Waals surface area contributed by atoms with Crippen molar-refractivity contribution >= 4 is 5.91 Å². The number of rotatable bonds is 4. The Bertz CT molecular complexity index is 469. The van der Waals surface area contributed by atoms with Crippen molar-refractivity contribution in [1.82, 2.24) is 10.2 Å². The summed E-state index contributed by atoms with van der Waals surface area (Å²) in [6.07, 6.45) is 1.04. The first-order valence-electron chi connectivity index (χ1n) is 7.90. The molecule has 3 N–H and O–H groups in total. The minimum Gasteiger partial charge on any atom is -0.333 e. The van der Waals surface area contributed by atoms with E-state index in [1.807, 2.05) is 18.7 Å². The summed E-state index contributed by atoms with van der Waals surface area (Å²) in [4.78, 5) is 14.7. The molecule has 0 bridgehead atoms. The van der Waals surface area contributed by atoms with E-state index in [1.54, 1.807) is 0 Å². The highest BCUT2D eigenvalue weighted by Crippen LogP contribution is 2.25. The number of hydrogen-bond donors (Lipinski definition) is 2. The molecule has 0 radical (unpaired) electrons. The molecule has 1 amide bonds. The molecule has 0 saturated carbocycles. The summed E-state index contributed by atoms with van der Waals surface area (Å²) in [6.45, 7) is 8.37. The van der Waals surface area contributed by atoms with E-state index >= 15 is 0 Å². The molecule has 116 valence electrons. The van der Waals surface area contributed by atoms with E-state index in [0.717, 1.165) is 26.1 Å². The van der Waals surface area contributed by atoms with Crippen molar-refractivity contribution in [3.05, 3.63) is 35.4 Å². The lowest BCUT2D eigenvalue weighted by atomic mass is 9.97. The minimum atomic E-state index is -0.138. The number of nitrogens with zero attached hydrogens (tertiary/aromatic N) is 1. The number of piperazine rings is 1. The summed E-state index contributed by atoms with van der Waals surface area (Å²) in [5.74, 6) is 0.0246. The third-order valence-corrected chi connectivity index (χ3v) is 4.48. The SMILES string of the molecule is CCc1ccc(C2CNCCN2C(=O)C(C)C(C)N)cc1. The van der Waals surface area contributed by atoms with Crippen LogP contribution in [0.25, 0.3) is 0 Å². The van der Waals surface area contributed by atoms with Crippen LogP contribution in [-0.4, -0.2) is 36.5 Å². The number of amides is 1. The van der Waals surface area contributed by atoms with Crippen LogP contribution in [0.1, 0.15) is 37.9 Å². The van der Waals surface area contributed by atoms with Crippen LogP contribution in [0.4, 0.5) is 0 Å². The Morgan fingerprint density at radius 3 is 2.62 bits per heavy atom. The summed E-state index contributed by atoms with van der Waals surface area (Å²) in [5, 5.41) is 3.39. The first-order valence-corrected chi connectivity index (χ1v) is 7.90. The zero-order valence-corrected chi connectivity index (χ0v) is 13.3. The molecule has 0 aromatic heterocycles. The van der Waals surface area contributed by atoms with Gasteiger partial charge in [-0.05, 0) is 24.5 Å². The number of carbonyl (C=O) groups excluding carboxylic acids is 1. The molecule has 4 nitrogen and oxygen atoms in total. The molecule has 4 heteroatoms. The van der Waals surface area contributed by atoms with Crippen molar-refractivity contribution in [3.8, 4) is 0 Å². The lowest BCUT2D eigenvalue weighted by Crippen LogP contribution is -2.52. The Labute approximate surface area is 127 Å². The Morgan fingerprint density at radius 2 is 2.05 bits per heavy atom. The van der Waals surface area contributed by atoms with Gasteiger partial charge in [-0.3, -0.25) is 4.79 Å². The third kappa shape index (κ3) is 3.63. The average Bonchev–Trinajstić information content (AvgIpc) is 2.53. The lowest BCUT2D eigenvalue weighted by molar-refractivity contribution is -0.139. The van der Waals surface area contributed by atoms with Gasteiger partial charge in [0.25, 0.3) is 0 Å². The number of hydrogen-bond acceptors (Lipinski definition) is 3. The Kier molecular flexibility index (Phi) is 5.37. The first kappa shape index (κ1) is 16.0.